The van der Waals surface area contributed by atoms with Crippen LogP contribution in [0.5, 0.6) is 0 Å². The minimum atomic E-state index is 0.170. The number of rotatable bonds is 1. The number of nitrogens with one attached hydrogen (secondary N) is 1. The van der Waals surface area contributed by atoms with Crippen molar-refractivity contribution in [2.24, 2.45) is 5.73 Å². The van der Waals surface area contributed by atoms with Gasteiger partial charge in [-0.3, -0.25) is 0 Å². The highest BCUT2D eigenvalue weighted by Gasteiger charge is 2.11. The first-order valence-corrected chi connectivity index (χ1v) is 5.36. The van der Waals surface area contributed by atoms with Crippen LogP contribution in [-0.4, -0.2) is 19.1 Å². The van der Waals surface area contributed by atoms with Crippen LogP contribution in [0.15, 0.2) is 17.5 Å². The summed E-state index contributed by atoms with van der Waals surface area (Å²) in [6.07, 6.45) is 2.16. The van der Waals surface area contributed by atoms with Gasteiger partial charge in [0.15, 0.2) is 0 Å². The van der Waals surface area contributed by atoms with Gasteiger partial charge in [0.25, 0.3) is 0 Å². The number of hydrogen-bond acceptors (Lipinski definition) is 3. The highest BCUT2D eigenvalue weighted by Crippen LogP contribution is 2.22. The van der Waals surface area contributed by atoms with E-state index in [9.17, 15) is 0 Å². The van der Waals surface area contributed by atoms with Crippen LogP contribution in [0.4, 0.5) is 0 Å². The second-order valence-corrected chi connectivity index (χ2v) is 4.55. The first-order chi connectivity index (χ1) is 6.25. The molecule has 0 radical (unpaired) electrons. The lowest BCUT2D eigenvalue weighted by Crippen LogP contribution is -2.37. The van der Waals surface area contributed by atoms with E-state index in [1.165, 1.54) is 16.0 Å². The standard InChI is InChI=1S/C10H14N2S/c1-7-2-9(6-13-7)8-3-10(11)5-12-4-8/h2-3,6,10,12H,4-5,11H2,1H3. The maximum absolute atomic E-state index is 5.83. The van der Waals surface area contributed by atoms with E-state index >= 15 is 0 Å². The van der Waals surface area contributed by atoms with Crippen LogP contribution in [0, 0.1) is 6.92 Å². The summed E-state index contributed by atoms with van der Waals surface area (Å²) in [5, 5.41) is 5.50. The van der Waals surface area contributed by atoms with Crippen LogP contribution in [0.2, 0.25) is 0 Å². The Morgan fingerprint density at radius 2 is 2.46 bits per heavy atom. The molecule has 3 heteroatoms. The predicted molar refractivity (Wildman–Crippen MR) is 57.9 cm³/mol. The van der Waals surface area contributed by atoms with E-state index in [0.29, 0.717) is 0 Å². The fourth-order valence-electron chi connectivity index (χ4n) is 1.56. The van der Waals surface area contributed by atoms with Crippen LogP contribution in [-0.2, 0) is 0 Å². The second-order valence-electron chi connectivity index (χ2n) is 3.43. The molecule has 0 saturated carbocycles. The summed E-state index contributed by atoms with van der Waals surface area (Å²) in [5.74, 6) is 0. The third-order valence-electron chi connectivity index (χ3n) is 2.21. The van der Waals surface area contributed by atoms with E-state index in [1.54, 1.807) is 11.3 Å². The SMILES string of the molecule is Cc1cc(C2=CC(N)CNC2)cs1. The van der Waals surface area contributed by atoms with Gasteiger partial charge in [0.2, 0.25) is 0 Å². The van der Waals surface area contributed by atoms with Crippen molar-refractivity contribution in [1.29, 1.82) is 0 Å². The van der Waals surface area contributed by atoms with Gasteiger partial charge in [0.05, 0.1) is 0 Å². The highest BCUT2D eigenvalue weighted by molar-refractivity contribution is 7.10. The third-order valence-corrected chi connectivity index (χ3v) is 3.07. The summed E-state index contributed by atoms with van der Waals surface area (Å²) in [5.41, 5.74) is 8.49. The van der Waals surface area contributed by atoms with Crippen molar-refractivity contribution in [2.45, 2.75) is 13.0 Å². The Hall–Kier alpha value is -0.640. The van der Waals surface area contributed by atoms with Gasteiger partial charge in [0, 0.05) is 24.0 Å². The van der Waals surface area contributed by atoms with Crippen LogP contribution in [0.1, 0.15) is 10.4 Å². The fourth-order valence-corrected chi connectivity index (χ4v) is 2.29. The topological polar surface area (TPSA) is 38.0 Å². The molecular formula is C10H14N2S. The van der Waals surface area contributed by atoms with Gasteiger partial charge in [-0.25, -0.2) is 0 Å². The van der Waals surface area contributed by atoms with Gasteiger partial charge in [-0.2, -0.15) is 0 Å². The van der Waals surface area contributed by atoms with Crippen molar-refractivity contribution in [1.82, 2.24) is 5.32 Å². The largest absolute Gasteiger partial charge is 0.323 e. The molecule has 1 aromatic rings. The first-order valence-electron chi connectivity index (χ1n) is 4.48. The van der Waals surface area contributed by atoms with E-state index in [2.05, 4.69) is 29.8 Å². The van der Waals surface area contributed by atoms with E-state index in [1.807, 2.05) is 0 Å². The molecule has 2 nitrogen and oxygen atoms in total. The number of nitrogens with two attached hydrogens (primary N) is 1. The highest BCUT2D eigenvalue weighted by atomic mass is 32.1. The molecule has 1 unspecified atom stereocenters. The van der Waals surface area contributed by atoms with Gasteiger partial charge in [-0.15, -0.1) is 11.3 Å². The molecule has 0 bridgehead atoms. The van der Waals surface area contributed by atoms with Crippen molar-refractivity contribution in [3.05, 3.63) is 28.0 Å². The van der Waals surface area contributed by atoms with Crippen LogP contribution in [0.25, 0.3) is 5.57 Å². The summed E-state index contributed by atoms with van der Waals surface area (Å²) in [4.78, 5) is 1.36. The Kier molecular flexibility index (Phi) is 2.49. The Labute approximate surface area is 82.5 Å². The van der Waals surface area contributed by atoms with E-state index < -0.39 is 0 Å². The number of hydrogen-bond donors (Lipinski definition) is 2. The lowest BCUT2D eigenvalue weighted by Gasteiger charge is -2.18. The van der Waals surface area contributed by atoms with Crippen molar-refractivity contribution in [3.63, 3.8) is 0 Å². The van der Waals surface area contributed by atoms with E-state index in [0.717, 1.165) is 13.1 Å². The molecule has 2 heterocycles. The second kappa shape index (κ2) is 3.62. The normalized spacial score (nSPS) is 22.9. The average molecular weight is 194 g/mol. The minimum Gasteiger partial charge on any atom is -0.323 e. The minimum absolute atomic E-state index is 0.170. The monoisotopic (exact) mass is 194 g/mol. The zero-order valence-corrected chi connectivity index (χ0v) is 8.53. The molecule has 0 aromatic carbocycles. The van der Waals surface area contributed by atoms with Gasteiger partial charge >= 0.3 is 0 Å². The summed E-state index contributed by atoms with van der Waals surface area (Å²) >= 11 is 1.79. The summed E-state index contributed by atoms with van der Waals surface area (Å²) in [6, 6.07) is 2.39. The van der Waals surface area contributed by atoms with Crippen LogP contribution < -0.4 is 11.1 Å². The van der Waals surface area contributed by atoms with Gasteiger partial charge in [0.1, 0.15) is 0 Å². The molecule has 3 N–H and O–H groups in total. The van der Waals surface area contributed by atoms with Crippen molar-refractivity contribution >= 4 is 16.9 Å². The van der Waals surface area contributed by atoms with Gasteiger partial charge < -0.3 is 11.1 Å². The lowest BCUT2D eigenvalue weighted by molar-refractivity contribution is 0.663. The summed E-state index contributed by atoms with van der Waals surface area (Å²) in [7, 11) is 0. The van der Waals surface area contributed by atoms with Gasteiger partial charge in [-0.05, 0) is 29.5 Å². The molecule has 0 saturated heterocycles. The zero-order valence-electron chi connectivity index (χ0n) is 7.71. The predicted octanol–water partition coefficient (Wildman–Crippen LogP) is 1.37. The summed E-state index contributed by atoms with van der Waals surface area (Å²) < 4.78 is 0. The zero-order chi connectivity index (χ0) is 9.26. The maximum atomic E-state index is 5.83. The Balaban J connectivity index is 2.25. The maximum Gasteiger partial charge on any atom is 0.0357 e. The summed E-state index contributed by atoms with van der Waals surface area (Å²) in [6.45, 7) is 3.97. The van der Waals surface area contributed by atoms with Crippen molar-refractivity contribution in [3.8, 4) is 0 Å². The molecule has 0 aliphatic carbocycles. The number of aryl methyl sites for hydroxylation is 1. The van der Waals surface area contributed by atoms with Crippen LogP contribution >= 0.6 is 11.3 Å². The molecule has 13 heavy (non-hydrogen) atoms. The number of thiophene rings is 1. The molecule has 0 spiro atoms. The van der Waals surface area contributed by atoms with E-state index in [-0.39, 0.29) is 6.04 Å². The van der Waals surface area contributed by atoms with Gasteiger partial charge in [-0.1, -0.05) is 6.08 Å². The molecule has 1 atom stereocenters. The first kappa shape index (κ1) is 8.94. The van der Waals surface area contributed by atoms with Crippen molar-refractivity contribution < 1.29 is 0 Å². The smallest absolute Gasteiger partial charge is 0.0357 e. The fraction of sp³-hybridized carbons (Fsp3) is 0.400. The molecule has 1 aromatic heterocycles. The average Bonchev–Trinajstić information content (AvgIpc) is 2.52. The quantitative estimate of drug-likeness (QED) is 0.708. The Morgan fingerprint density at radius 3 is 3.08 bits per heavy atom. The molecule has 2 rings (SSSR count). The molecule has 70 valence electrons. The van der Waals surface area contributed by atoms with Crippen LogP contribution in [0.3, 0.4) is 0 Å². The third kappa shape index (κ3) is 1.99. The molecule has 1 aliphatic rings. The molecule has 1 aliphatic heterocycles. The Morgan fingerprint density at radius 1 is 1.62 bits per heavy atom. The van der Waals surface area contributed by atoms with Crippen molar-refractivity contribution in [2.75, 3.05) is 13.1 Å². The Bertz CT molecular complexity index is 327. The molecule has 0 amide bonds. The molecular weight excluding hydrogens is 180 g/mol. The van der Waals surface area contributed by atoms with E-state index in [4.69, 9.17) is 5.73 Å². The lowest BCUT2D eigenvalue weighted by atomic mass is 10.0. The molecule has 0 fully saturated rings.